The molecular formula is C42H48N8O6. The van der Waals surface area contributed by atoms with E-state index in [1.54, 1.807) is 11.8 Å². The lowest BCUT2D eigenvalue weighted by molar-refractivity contribution is -0.136. The summed E-state index contributed by atoms with van der Waals surface area (Å²) in [5.41, 5.74) is 5.71. The molecule has 14 heteroatoms. The number of aromatic amines is 2. The number of alkyl carbamates (subject to hydrolysis) is 2. The van der Waals surface area contributed by atoms with Crippen LogP contribution in [-0.2, 0) is 19.1 Å². The minimum atomic E-state index is -0.708. The van der Waals surface area contributed by atoms with Crippen molar-refractivity contribution in [2.24, 2.45) is 5.92 Å². The van der Waals surface area contributed by atoms with Gasteiger partial charge in [0, 0.05) is 18.7 Å². The number of carbonyl (C=O) groups excluding carboxylic acids is 4. The van der Waals surface area contributed by atoms with E-state index in [1.165, 1.54) is 14.2 Å². The minimum absolute atomic E-state index is 0.0632. The highest BCUT2D eigenvalue weighted by Crippen LogP contribution is 2.37. The Labute approximate surface area is 324 Å². The summed E-state index contributed by atoms with van der Waals surface area (Å²) in [6.07, 6.45) is 7.84. The van der Waals surface area contributed by atoms with Gasteiger partial charge >= 0.3 is 12.2 Å². The fourth-order valence-electron chi connectivity index (χ4n) is 8.82. The number of amides is 4. The van der Waals surface area contributed by atoms with Crippen LogP contribution in [0.1, 0.15) is 82.0 Å². The molecule has 2 aliphatic heterocycles. The molecule has 0 bridgehead atoms. The van der Waals surface area contributed by atoms with Crippen molar-refractivity contribution in [3.8, 4) is 22.4 Å². The Kier molecular flexibility index (Phi) is 10.4. The van der Waals surface area contributed by atoms with Crippen LogP contribution < -0.4 is 10.6 Å². The summed E-state index contributed by atoms with van der Waals surface area (Å²) in [6.45, 7) is 2.87. The van der Waals surface area contributed by atoms with Crippen LogP contribution in [0.3, 0.4) is 0 Å². The Hall–Kier alpha value is -5.92. The first-order valence-electron chi connectivity index (χ1n) is 19.6. The number of nitrogens with one attached hydrogen (secondary N) is 4. The average molecular weight is 761 g/mol. The zero-order chi connectivity index (χ0) is 38.9. The molecule has 1 saturated carbocycles. The maximum Gasteiger partial charge on any atom is 0.407 e. The molecule has 3 aromatic carbocycles. The quantitative estimate of drug-likeness (QED) is 0.128. The molecule has 4 N–H and O–H groups in total. The topological polar surface area (TPSA) is 175 Å². The number of aromatic nitrogens is 4. The van der Waals surface area contributed by atoms with Crippen molar-refractivity contribution < 1.29 is 28.7 Å². The number of methoxy groups -OCH3 is 2. The van der Waals surface area contributed by atoms with Crippen LogP contribution in [-0.4, -0.2) is 93.1 Å². The van der Waals surface area contributed by atoms with Gasteiger partial charge in [-0.2, -0.15) is 0 Å². The van der Waals surface area contributed by atoms with Gasteiger partial charge in [0.25, 0.3) is 0 Å². The summed E-state index contributed by atoms with van der Waals surface area (Å²) < 4.78 is 9.54. The van der Waals surface area contributed by atoms with Gasteiger partial charge < -0.3 is 39.9 Å². The molecule has 4 atom stereocenters. The van der Waals surface area contributed by atoms with E-state index < -0.39 is 24.3 Å². The first-order valence-corrected chi connectivity index (χ1v) is 19.6. The third-order valence-corrected chi connectivity index (χ3v) is 11.8. The molecule has 5 aromatic rings. The van der Waals surface area contributed by atoms with E-state index in [0.29, 0.717) is 13.1 Å². The molecule has 56 heavy (non-hydrogen) atoms. The molecule has 292 valence electrons. The lowest BCUT2D eigenvalue weighted by Gasteiger charge is -2.31. The Balaban J connectivity index is 0.979. The van der Waals surface area contributed by atoms with Crippen molar-refractivity contribution in [3.05, 3.63) is 72.4 Å². The molecular weight excluding hydrogens is 713 g/mol. The minimum Gasteiger partial charge on any atom is -0.453 e. The SMILES string of the molecule is COC(=O)N[C@@H](C)C(=O)N1CCC[C@H]1c1ncc(-c2ccc3cc(-c4ccc5nc([C@@H]6CCCN6C(=O)[C@@H](NC(=O)OC)C6CCCC6)[nH]c5c4)ccc3c2)[nH]1. The molecule has 8 rings (SSSR count). The van der Waals surface area contributed by atoms with Crippen LogP contribution >= 0.6 is 0 Å². The number of hydrogen-bond donors (Lipinski definition) is 4. The molecule has 2 saturated heterocycles. The number of benzene rings is 3. The summed E-state index contributed by atoms with van der Waals surface area (Å²) in [5, 5.41) is 7.59. The Morgan fingerprint density at radius 2 is 1.32 bits per heavy atom. The molecule has 1 aliphatic carbocycles. The molecule has 0 spiro atoms. The van der Waals surface area contributed by atoms with Gasteiger partial charge in [0.1, 0.15) is 23.7 Å². The van der Waals surface area contributed by atoms with E-state index in [1.807, 2.05) is 17.2 Å². The van der Waals surface area contributed by atoms with E-state index in [-0.39, 0.29) is 29.8 Å². The lowest BCUT2D eigenvalue weighted by Crippen LogP contribution is -2.51. The van der Waals surface area contributed by atoms with Gasteiger partial charge in [-0.25, -0.2) is 19.6 Å². The molecule has 2 aromatic heterocycles. The fraction of sp³-hybridized carbons (Fsp3) is 0.429. The molecule has 3 fully saturated rings. The highest BCUT2D eigenvalue weighted by Gasteiger charge is 2.40. The smallest absolute Gasteiger partial charge is 0.407 e. The normalized spacial score (nSPS) is 19.7. The van der Waals surface area contributed by atoms with Gasteiger partial charge in [-0.1, -0.05) is 43.2 Å². The van der Waals surface area contributed by atoms with E-state index in [9.17, 15) is 19.2 Å². The average Bonchev–Trinajstić information content (AvgIpc) is 4.07. The number of carbonyl (C=O) groups is 4. The van der Waals surface area contributed by atoms with Gasteiger partial charge in [-0.3, -0.25) is 9.59 Å². The number of hydrogen-bond acceptors (Lipinski definition) is 8. The number of H-pyrrole nitrogens is 2. The van der Waals surface area contributed by atoms with E-state index in [4.69, 9.17) is 9.72 Å². The summed E-state index contributed by atoms with van der Waals surface area (Å²) >= 11 is 0. The molecule has 0 unspecified atom stereocenters. The maximum atomic E-state index is 14.0. The van der Waals surface area contributed by atoms with Crippen LogP contribution in [0.2, 0.25) is 0 Å². The van der Waals surface area contributed by atoms with Crippen LogP contribution in [0.4, 0.5) is 9.59 Å². The number of fused-ring (bicyclic) bond motifs is 2. The molecule has 4 heterocycles. The summed E-state index contributed by atoms with van der Waals surface area (Å²) in [7, 11) is 2.60. The second-order valence-electron chi connectivity index (χ2n) is 15.2. The predicted octanol–water partition coefficient (Wildman–Crippen LogP) is 6.76. The van der Waals surface area contributed by atoms with Gasteiger partial charge in [0.15, 0.2) is 0 Å². The van der Waals surface area contributed by atoms with Crippen molar-refractivity contribution in [1.82, 2.24) is 40.4 Å². The highest BCUT2D eigenvalue weighted by atomic mass is 16.5. The van der Waals surface area contributed by atoms with Crippen molar-refractivity contribution in [1.29, 1.82) is 0 Å². The van der Waals surface area contributed by atoms with Crippen molar-refractivity contribution >= 4 is 45.8 Å². The monoisotopic (exact) mass is 760 g/mol. The second kappa shape index (κ2) is 15.7. The summed E-state index contributed by atoms with van der Waals surface area (Å²) in [6, 6.07) is 17.2. The number of imidazole rings is 2. The first kappa shape index (κ1) is 37.0. The third-order valence-electron chi connectivity index (χ3n) is 11.8. The van der Waals surface area contributed by atoms with E-state index in [0.717, 1.165) is 107 Å². The Bertz CT molecular complexity index is 2280. The number of likely N-dealkylation sites (tertiary alicyclic amines) is 2. The molecule has 0 radical (unpaired) electrons. The van der Waals surface area contributed by atoms with E-state index in [2.05, 4.69) is 78.9 Å². The Morgan fingerprint density at radius 1 is 0.714 bits per heavy atom. The molecule has 3 aliphatic rings. The number of rotatable bonds is 9. The van der Waals surface area contributed by atoms with Crippen molar-refractivity contribution in [2.75, 3.05) is 27.3 Å². The Morgan fingerprint density at radius 3 is 2.04 bits per heavy atom. The largest absolute Gasteiger partial charge is 0.453 e. The highest BCUT2D eigenvalue weighted by molar-refractivity contribution is 5.92. The van der Waals surface area contributed by atoms with Gasteiger partial charge in [0.05, 0.1) is 49.2 Å². The van der Waals surface area contributed by atoms with Crippen LogP contribution in [0.5, 0.6) is 0 Å². The fourth-order valence-corrected chi connectivity index (χ4v) is 8.82. The van der Waals surface area contributed by atoms with Crippen LogP contribution in [0, 0.1) is 5.92 Å². The maximum absolute atomic E-state index is 14.0. The van der Waals surface area contributed by atoms with Crippen LogP contribution in [0.15, 0.2) is 60.8 Å². The van der Waals surface area contributed by atoms with Crippen LogP contribution in [0.25, 0.3) is 44.2 Å². The third kappa shape index (κ3) is 7.27. The first-order chi connectivity index (χ1) is 27.2. The number of ether oxygens (including phenoxy) is 2. The van der Waals surface area contributed by atoms with E-state index >= 15 is 0 Å². The molecule has 14 nitrogen and oxygen atoms in total. The zero-order valence-electron chi connectivity index (χ0n) is 32.0. The standard InChI is InChI=1S/C42H48N8O6/c1-24(44-41(53)55-2)39(51)49-18-6-10-34(49)37-43-23-33(47-37)30-15-14-26-20-27(12-13-28(26)21-30)29-16-17-31-32(22-29)46-38(45-31)35-11-7-19-50(35)40(52)36(48-42(54)56-3)25-8-4-5-9-25/h12-17,20-25,34-36H,4-11,18-19H2,1-3H3,(H,43,47)(H,44,53)(H,45,46)(H,48,54)/t24-,34-,35-,36-/m0/s1. The zero-order valence-corrected chi connectivity index (χ0v) is 32.0. The van der Waals surface area contributed by atoms with Crippen molar-refractivity contribution in [3.63, 3.8) is 0 Å². The lowest BCUT2D eigenvalue weighted by atomic mass is 9.96. The van der Waals surface area contributed by atoms with Gasteiger partial charge in [-0.15, -0.1) is 0 Å². The van der Waals surface area contributed by atoms with Crippen molar-refractivity contribution in [2.45, 2.75) is 82.5 Å². The predicted molar refractivity (Wildman–Crippen MR) is 210 cm³/mol. The van der Waals surface area contributed by atoms with Gasteiger partial charge in [-0.05, 0) is 97.5 Å². The van der Waals surface area contributed by atoms with Gasteiger partial charge in [0.2, 0.25) is 11.8 Å². The summed E-state index contributed by atoms with van der Waals surface area (Å²) in [5.74, 6) is 1.35. The number of nitrogens with zero attached hydrogens (tertiary/aromatic N) is 4. The second-order valence-corrected chi connectivity index (χ2v) is 15.2. The molecule has 4 amide bonds. The summed E-state index contributed by atoms with van der Waals surface area (Å²) in [4.78, 5) is 71.3.